The van der Waals surface area contributed by atoms with Crippen molar-refractivity contribution in [1.82, 2.24) is 10.8 Å². The van der Waals surface area contributed by atoms with Gasteiger partial charge >= 0.3 is 0 Å². The maximum absolute atomic E-state index is 12.3. The van der Waals surface area contributed by atoms with Gasteiger partial charge in [0.15, 0.2) is 6.29 Å². The van der Waals surface area contributed by atoms with E-state index in [4.69, 9.17) is 14.7 Å². The van der Waals surface area contributed by atoms with E-state index in [-0.39, 0.29) is 31.1 Å². The van der Waals surface area contributed by atoms with E-state index in [0.29, 0.717) is 25.8 Å². The number of carbonyl (C=O) groups is 2. The monoisotopic (exact) mass is 640 g/mol. The number of benzene rings is 4. The van der Waals surface area contributed by atoms with Crippen LogP contribution in [0.25, 0.3) is 11.1 Å². The maximum atomic E-state index is 12.3. The van der Waals surface area contributed by atoms with Crippen LogP contribution in [0, 0.1) is 0 Å². The minimum Gasteiger partial charge on any atom is -0.392 e. The van der Waals surface area contributed by atoms with Crippen LogP contribution in [-0.2, 0) is 32.2 Å². The summed E-state index contributed by atoms with van der Waals surface area (Å²) in [6.07, 6.45) is 1.68. The Kier molecular flexibility index (Phi) is 12.4. The van der Waals surface area contributed by atoms with Gasteiger partial charge in [-0.15, -0.1) is 11.8 Å². The average Bonchev–Trinajstić information content (AvgIpc) is 3.12. The van der Waals surface area contributed by atoms with Crippen molar-refractivity contribution in [1.29, 1.82) is 0 Å². The van der Waals surface area contributed by atoms with E-state index >= 15 is 0 Å². The van der Waals surface area contributed by atoms with Gasteiger partial charge < -0.3 is 19.9 Å². The summed E-state index contributed by atoms with van der Waals surface area (Å²) in [5, 5.41) is 21.0. The number of thioether (sulfide) groups is 1. The molecule has 9 heteroatoms. The predicted molar refractivity (Wildman–Crippen MR) is 178 cm³/mol. The van der Waals surface area contributed by atoms with E-state index in [1.165, 1.54) is 4.90 Å². The number of unbranched alkanes of at least 4 members (excludes halogenated alkanes) is 1. The van der Waals surface area contributed by atoms with Crippen LogP contribution < -0.4 is 10.8 Å². The van der Waals surface area contributed by atoms with Crippen LogP contribution in [0.2, 0.25) is 0 Å². The van der Waals surface area contributed by atoms with Crippen LogP contribution in [0.5, 0.6) is 0 Å². The van der Waals surface area contributed by atoms with E-state index in [1.807, 2.05) is 72.8 Å². The molecule has 0 aliphatic carbocycles. The van der Waals surface area contributed by atoms with Crippen molar-refractivity contribution in [2.24, 2.45) is 0 Å². The second kappa shape index (κ2) is 17.1. The molecule has 0 aromatic heterocycles. The topological polar surface area (TPSA) is 117 Å². The fourth-order valence-corrected chi connectivity index (χ4v) is 6.28. The molecule has 8 nitrogen and oxygen atoms in total. The summed E-state index contributed by atoms with van der Waals surface area (Å²) < 4.78 is 13.0. The molecule has 1 heterocycles. The van der Waals surface area contributed by atoms with Crippen molar-refractivity contribution in [2.75, 3.05) is 5.75 Å². The van der Waals surface area contributed by atoms with Crippen molar-refractivity contribution in [2.45, 2.75) is 68.6 Å². The van der Waals surface area contributed by atoms with Gasteiger partial charge in [-0.05, 0) is 58.9 Å². The van der Waals surface area contributed by atoms with E-state index in [1.54, 1.807) is 17.2 Å². The Hall–Kier alpha value is -3.99. The molecule has 240 valence electrons. The zero-order valence-electron chi connectivity index (χ0n) is 25.6. The average molecular weight is 641 g/mol. The second-order valence-corrected chi connectivity index (χ2v) is 12.4. The van der Waals surface area contributed by atoms with Gasteiger partial charge in [0.05, 0.1) is 18.8 Å². The smallest absolute Gasteiger partial charge is 0.243 e. The molecule has 1 fully saturated rings. The van der Waals surface area contributed by atoms with E-state index in [0.717, 1.165) is 45.6 Å². The highest BCUT2D eigenvalue weighted by Gasteiger charge is 2.32. The van der Waals surface area contributed by atoms with Gasteiger partial charge in [0, 0.05) is 42.0 Å². The molecule has 1 saturated heterocycles. The number of hydrogen-bond donors (Lipinski definition) is 4. The lowest BCUT2D eigenvalue weighted by Gasteiger charge is -2.36. The van der Waals surface area contributed by atoms with Gasteiger partial charge in [0.1, 0.15) is 0 Å². The number of nitrogens with one attached hydrogen (secondary N) is 2. The number of amides is 2. The Morgan fingerprint density at radius 2 is 1.48 bits per heavy atom. The first-order chi connectivity index (χ1) is 22.5. The van der Waals surface area contributed by atoms with Gasteiger partial charge in [-0.2, -0.15) is 0 Å². The third-order valence-electron chi connectivity index (χ3n) is 7.91. The van der Waals surface area contributed by atoms with Gasteiger partial charge in [-0.3, -0.25) is 14.8 Å². The van der Waals surface area contributed by atoms with E-state index < -0.39 is 12.2 Å². The standard InChI is InChI=1S/C37H40N2O6S/c40-24-26-13-15-29(16-14-26)34-22-32(25-46-33-9-2-1-3-10-33)44-37(45-34)30-19-17-28(18-20-30)31-8-6-7-27(21-31)23-38-35(41)11-4-5-12-36(42)39-43/h1-3,6-10,13-21,32,34,37,40,43H,4-5,11-12,22-25H2,(H,38,41)(H,39,42). The molecule has 0 bridgehead atoms. The van der Waals surface area contributed by atoms with Crippen LogP contribution in [0.15, 0.2) is 108 Å². The quantitative estimate of drug-likeness (QED) is 0.0515. The van der Waals surface area contributed by atoms with Gasteiger partial charge in [-0.1, -0.05) is 84.9 Å². The molecule has 3 atom stereocenters. The summed E-state index contributed by atoms with van der Waals surface area (Å²) in [6.45, 7) is 0.418. The molecule has 0 radical (unpaired) electrons. The highest BCUT2D eigenvalue weighted by atomic mass is 32.2. The summed E-state index contributed by atoms with van der Waals surface area (Å²) in [5.41, 5.74) is 7.55. The fraction of sp³-hybridized carbons (Fsp3) is 0.297. The van der Waals surface area contributed by atoms with Crippen LogP contribution in [0.3, 0.4) is 0 Å². The third-order valence-corrected chi connectivity index (χ3v) is 9.05. The Morgan fingerprint density at radius 1 is 0.761 bits per heavy atom. The Bertz CT molecular complexity index is 1550. The normalized spacial score (nSPS) is 17.7. The Labute approximate surface area is 274 Å². The number of aliphatic hydroxyl groups excluding tert-OH is 1. The number of ether oxygens (including phenoxy) is 2. The molecule has 4 N–H and O–H groups in total. The third kappa shape index (κ3) is 9.75. The van der Waals surface area contributed by atoms with E-state index in [9.17, 15) is 14.7 Å². The first-order valence-electron chi connectivity index (χ1n) is 15.6. The lowest BCUT2D eigenvalue weighted by Crippen LogP contribution is -2.31. The number of aliphatic hydroxyl groups is 1. The molecule has 0 spiro atoms. The summed E-state index contributed by atoms with van der Waals surface area (Å²) in [6, 6.07) is 34.5. The summed E-state index contributed by atoms with van der Waals surface area (Å²) in [4.78, 5) is 24.6. The molecule has 1 aliphatic heterocycles. The fourth-order valence-electron chi connectivity index (χ4n) is 5.34. The molecule has 1 aliphatic rings. The predicted octanol–water partition coefficient (Wildman–Crippen LogP) is 6.87. The minimum absolute atomic E-state index is 0.00677. The van der Waals surface area contributed by atoms with Crippen molar-refractivity contribution in [3.63, 3.8) is 0 Å². The molecule has 0 saturated carbocycles. The molecule has 2 amide bonds. The van der Waals surface area contributed by atoms with Gasteiger partial charge in [-0.25, -0.2) is 5.48 Å². The number of hydroxylamine groups is 1. The first kappa shape index (κ1) is 33.4. The van der Waals surface area contributed by atoms with Gasteiger partial charge in [0.25, 0.3) is 0 Å². The largest absolute Gasteiger partial charge is 0.392 e. The zero-order valence-corrected chi connectivity index (χ0v) is 26.5. The molecular formula is C37H40N2O6S. The van der Waals surface area contributed by atoms with Crippen molar-refractivity contribution < 1.29 is 29.4 Å². The van der Waals surface area contributed by atoms with E-state index in [2.05, 4.69) is 35.6 Å². The lowest BCUT2D eigenvalue weighted by atomic mass is 9.99. The van der Waals surface area contributed by atoms with Crippen LogP contribution in [-0.4, -0.2) is 34.0 Å². The number of rotatable bonds is 14. The summed E-state index contributed by atoms with van der Waals surface area (Å²) >= 11 is 1.78. The lowest BCUT2D eigenvalue weighted by molar-refractivity contribution is -0.245. The molecule has 46 heavy (non-hydrogen) atoms. The maximum Gasteiger partial charge on any atom is 0.243 e. The zero-order chi connectivity index (χ0) is 32.1. The molecule has 3 unspecified atom stereocenters. The molecule has 5 rings (SSSR count). The number of carbonyl (C=O) groups excluding carboxylic acids is 2. The van der Waals surface area contributed by atoms with Crippen LogP contribution in [0.4, 0.5) is 0 Å². The molecule has 4 aromatic carbocycles. The Morgan fingerprint density at radius 3 is 2.20 bits per heavy atom. The van der Waals surface area contributed by atoms with Crippen molar-refractivity contribution in [3.8, 4) is 11.1 Å². The SMILES string of the molecule is O=C(CCCCC(=O)NCc1cccc(-c2ccc(C3OC(CSc4ccccc4)CC(c4ccc(CO)cc4)O3)cc2)c1)NO. The first-order valence-corrected chi connectivity index (χ1v) is 16.6. The molecular weight excluding hydrogens is 600 g/mol. The molecule has 4 aromatic rings. The van der Waals surface area contributed by atoms with Crippen LogP contribution >= 0.6 is 11.8 Å². The highest BCUT2D eigenvalue weighted by Crippen LogP contribution is 2.40. The van der Waals surface area contributed by atoms with Gasteiger partial charge in [0.2, 0.25) is 11.8 Å². The second-order valence-electron chi connectivity index (χ2n) is 11.3. The summed E-state index contributed by atoms with van der Waals surface area (Å²) in [7, 11) is 0. The minimum atomic E-state index is -0.522. The summed E-state index contributed by atoms with van der Waals surface area (Å²) in [5.74, 6) is 0.285. The highest BCUT2D eigenvalue weighted by molar-refractivity contribution is 7.99. The Balaban J connectivity index is 1.22. The van der Waals surface area contributed by atoms with Crippen molar-refractivity contribution in [3.05, 3.63) is 125 Å². The van der Waals surface area contributed by atoms with Crippen LogP contribution in [0.1, 0.15) is 66.8 Å². The number of hydrogen-bond acceptors (Lipinski definition) is 7. The van der Waals surface area contributed by atoms with Crippen molar-refractivity contribution >= 4 is 23.6 Å².